The van der Waals surface area contributed by atoms with Crippen molar-refractivity contribution in [2.75, 3.05) is 0 Å². The van der Waals surface area contributed by atoms with Gasteiger partial charge in [-0.05, 0) is 34.9 Å². The van der Waals surface area contributed by atoms with E-state index in [4.69, 9.17) is 0 Å². The van der Waals surface area contributed by atoms with Crippen LogP contribution in [-0.2, 0) is 0 Å². The van der Waals surface area contributed by atoms with Gasteiger partial charge in [0.15, 0.2) is 0 Å². The molecule has 0 saturated carbocycles. The van der Waals surface area contributed by atoms with E-state index < -0.39 is 0 Å². The Balaban J connectivity index is 1.97. The lowest BCUT2D eigenvalue weighted by molar-refractivity contribution is 0.475. The molecule has 2 aromatic carbocycles. The van der Waals surface area contributed by atoms with Crippen LogP contribution in [0.15, 0.2) is 66.9 Å². The van der Waals surface area contributed by atoms with Gasteiger partial charge in [0.25, 0.3) is 0 Å². The maximum atomic E-state index is 9.28. The molecule has 0 bridgehead atoms. The molecule has 0 spiro atoms. The van der Waals surface area contributed by atoms with Crippen molar-refractivity contribution >= 4 is 0 Å². The summed E-state index contributed by atoms with van der Waals surface area (Å²) in [6, 6.07) is 19.5. The number of hydrogen-bond donors (Lipinski definition) is 2. The summed E-state index contributed by atoms with van der Waals surface area (Å²) in [5.41, 5.74) is 4.47. The number of H-pyrrole nitrogens is 1. The van der Waals surface area contributed by atoms with Gasteiger partial charge < -0.3 is 10.1 Å². The van der Waals surface area contributed by atoms with E-state index in [2.05, 4.69) is 23.2 Å². The molecule has 0 atom stereocenters. The van der Waals surface area contributed by atoms with Crippen molar-refractivity contribution in [3.05, 3.63) is 66.9 Å². The molecule has 0 amide bonds. The molecule has 2 nitrogen and oxygen atoms in total. The maximum Gasteiger partial charge on any atom is 0.115 e. The third-order valence-electron chi connectivity index (χ3n) is 2.97. The third-order valence-corrected chi connectivity index (χ3v) is 2.97. The predicted molar refractivity (Wildman–Crippen MR) is 73.3 cm³/mol. The molecule has 0 fully saturated rings. The lowest BCUT2D eigenvalue weighted by Crippen LogP contribution is -1.74. The molecule has 0 aliphatic rings. The van der Waals surface area contributed by atoms with Gasteiger partial charge in [-0.25, -0.2) is 0 Å². The van der Waals surface area contributed by atoms with Gasteiger partial charge in [-0.2, -0.15) is 0 Å². The first-order valence-electron chi connectivity index (χ1n) is 5.86. The normalized spacial score (nSPS) is 10.4. The largest absolute Gasteiger partial charge is 0.508 e. The SMILES string of the molecule is Oc1ccc(-c2c[nH]c(-c3ccccc3)c2)cc1. The molecular weight excluding hydrogens is 222 g/mol. The number of aromatic nitrogens is 1. The molecule has 2 heteroatoms. The van der Waals surface area contributed by atoms with Crippen molar-refractivity contribution in [2.24, 2.45) is 0 Å². The van der Waals surface area contributed by atoms with Crippen molar-refractivity contribution in [3.8, 4) is 28.1 Å². The van der Waals surface area contributed by atoms with Crippen molar-refractivity contribution in [2.45, 2.75) is 0 Å². The van der Waals surface area contributed by atoms with Gasteiger partial charge in [0.2, 0.25) is 0 Å². The minimum Gasteiger partial charge on any atom is -0.508 e. The van der Waals surface area contributed by atoms with E-state index in [1.807, 2.05) is 36.5 Å². The summed E-state index contributed by atoms with van der Waals surface area (Å²) in [6.45, 7) is 0. The van der Waals surface area contributed by atoms with Gasteiger partial charge in [-0.3, -0.25) is 0 Å². The van der Waals surface area contributed by atoms with E-state index in [0.717, 1.165) is 16.8 Å². The van der Waals surface area contributed by atoms with Crippen molar-refractivity contribution in [3.63, 3.8) is 0 Å². The van der Waals surface area contributed by atoms with Gasteiger partial charge in [-0.15, -0.1) is 0 Å². The second kappa shape index (κ2) is 4.41. The molecular formula is C16H13NO. The van der Waals surface area contributed by atoms with Crippen LogP contribution in [-0.4, -0.2) is 10.1 Å². The Bertz CT molecular complexity index is 638. The Morgan fingerprint density at radius 1 is 0.722 bits per heavy atom. The minimum absolute atomic E-state index is 0.289. The number of hydrogen-bond acceptors (Lipinski definition) is 1. The molecule has 3 rings (SSSR count). The standard InChI is InChI=1S/C16H13NO/c18-15-8-6-12(7-9-15)14-10-16(17-11-14)13-4-2-1-3-5-13/h1-11,17-18H. The summed E-state index contributed by atoms with van der Waals surface area (Å²) < 4.78 is 0. The molecule has 2 N–H and O–H groups in total. The fraction of sp³-hybridized carbons (Fsp3) is 0. The van der Waals surface area contributed by atoms with Crippen LogP contribution in [0.25, 0.3) is 22.4 Å². The highest BCUT2D eigenvalue weighted by Gasteiger charge is 2.03. The average Bonchev–Trinajstić information content (AvgIpc) is 2.90. The zero-order valence-corrected chi connectivity index (χ0v) is 9.80. The summed E-state index contributed by atoms with van der Waals surface area (Å²) in [4.78, 5) is 3.27. The van der Waals surface area contributed by atoms with E-state index in [0.29, 0.717) is 0 Å². The van der Waals surface area contributed by atoms with E-state index in [-0.39, 0.29) is 5.75 Å². The number of nitrogens with one attached hydrogen (secondary N) is 1. The number of phenols is 1. The highest BCUT2D eigenvalue weighted by molar-refractivity contribution is 5.71. The third kappa shape index (κ3) is 2.00. The maximum absolute atomic E-state index is 9.28. The Kier molecular flexibility index (Phi) is 2.61. The second-order valence-electron chi connectivity index (χ2n) is 4.21. The molecule has 0 saturated heterocycles. The minimum atomic E-state index is 0.289. The van der Waals surface area contributed by atoms with Gasteiger partial charge in [0, 0.05) is 11.9 Å². The van der Waals surface area contributed by atoms with Crippen LogP contribution >= 0.6 is 0 Å². The fourth-order valence-corrected chi connectivity index (χ4v) is 2.00. The van der Waals surface area contributed by atoms with Crippen LogP contribution in [0.3, 0.4) is 0 Å². The average molecular weight is 235 g/mol. The van der Waals surface area contributed by atoms with Crippen LogP contribution < -0.4 is 0 Å². The highest BCUT2D eigenvalue weighted by Crippen LogP contribution is 2.26. The van der Waals surface area contributed by atoms with Crippen LogP contribution in [0.4, 0.5) is 0 Å². The smallest absolute Gasteiger partial charge is 0.115 e. The van der Waals surface area contributed by atoms with Gasteiger partial charge in [-0.1, -0.05) is 42.5 Å². The highest BCUT2D eigenvalue weighted by atomic mass is 16.3. The van der Waals surface area contributed by atoms with Crippen LogP contribution in [0.1, 0.15) is 0 Å². The predicted octanol–water partition coefficient (Wildman–Crippen LogP) is 4.05. The molecule has 0 aliphatic carbocycles. The van der Waals surface area contributed by atoms with Crippen LogP contribution in [0.2, 0.25) is 0 Å². The Hall–Kier alpha value is -2.48. The van der Waals surface area contributed by atoms with Crippen molar-refractivity contribution < 1.29 is 5.11 Å². The lowest BCUT2D eigenvalue weighted by Gasteiger charge is -1.97. The number of aromatic hydroxyl groups is 1. The molecule has 0 aliphatic heterocycles. The van der Waals surface area contributed by atoms with E-state index in [1.54, 1.807) is 12.1 Å². The Labute approximate surface area is 106 Å². The zero-order chi connectivity index (χ0) is 12.4. The van der Waals surface area contributed by atoms with Gasteiger partial charge in [0.1, 0.15) is 5.75 Å². The summed E-state index contributed by atoms with van der Waals surface area (Å²) >= 11 is 0. The second-order valence-corrected chi connectivity index (χ2v) is 4.21. The quantitative estimate of drug-likeness (QED) is 0.690. The van der Waals surface area contributed by atoms with E-state index >= 15 is 0 Å². The van der Waals surface area contributed by atoms with E-state index in [9.17, 15) is 5.11 Å². The molecule has 3 aromatic rings. The van der Waals surface area contributed by atoms with Crippen molar-refractivity contribution in [1.29, 1.82) is 0 Å². The topological polar surface area (TPSA) is 36.0 Å². The number of benzene rings is 2. The fourth-order valence-electron chi connectivity index (χ4n) is 2.00. The first-order chi connectivity index (χ1) is 8.83. The lowest BCUT2D eigenvalue weighted by atomic mass is 10.1. The summed E-state index contributed by atoms with van der Waals surface area (Å²) in [5.74, 6) is 0.289. The first kappa shape index (κ1) is 10.7. The molecule has 88 valence electrons. The first-order valence-corrected chi connectivity index (χ1v) is 5.86. The van der Waals surface area contributed by atoms with Crippen LogP contribution in [0, 0.1) is 0 Å². The monoisotopic (exact) mass is 235 g/mol. The molecule has 18 heavy (non-hydrogen) atoms. The van der Waals surface area contributed by atoms with Gasteiger partial charge in [0.05, 0.1) is 0 Å². The number of rotatable bonds is 2. The van der Waals surface area contributed by atoms with Crippen molar-refractivity contribution in [1.82, 2.24) is 4.98 Å². The summed E-state index contributed by atoms with van der Waals surface area (Å²) in [5, 5.41) is 9.28. The Morgan fingerprint density at radius 3 is 2.17 bits per heavy atom. The molecule has 1 aromatic heterocycles. The number of phenolic OH excluding ortho intramolecular Hbond substituents is 1. The number of aromatic amines is 1. The molecule has 0 radical (unpaired) electrons. The van der Waals surface area contributed by atoms with E-state index in [1.165, 1.54) is 5.56 Å². The molecule has 1 heterocycles. The zero-order valence-electron chi connectivity index (χ0n) is 9.80. The summed E-state index contributed by atoms with van der Waals surface area (Å²) in [6.07, 6.45) is 1.98. The van der Waals surface area contributed by atoms with Crippen LogP contribution in [0.5, 0.6) is 5.75 Å². The summed E-state index contributed by atoms with van der Waals surface area (Å²) in [7, 11) is 0. The molecule has 0 unspecified atom stereocenters. The Morgan fingerprint density at radius 2 is 1.44 bits per heavy atom. The van der Waals surface area contributed by atoms with Gasteiger partial charge >= 0.3 is 0 Å².